The van der Waals surface area contributed by atoms with Crippen molar-refractivity contribution in [3.05, 3.63) is 0 Å². The predicted molar refractivity (Wildman–Crippen MR) is 85.6 cm³/mol. The molecule has 0 saturated carbocycles. The Hall–Kier alpha value is -0.0800. The Morgan fingerprint density at radius 1 is 1.16 bits per heavy atom. The van der Waals surface area contributed by atoms with E-state index < -0.39 is 0 Å². The third kappa shape index (κ3) is 5.43. The molecule has 2 atom stereocenters. The van der Waals surface area contributed by atoms with Gasteiger partial charge in [0, 0.05) is 19.6 Å². The molecule has 2 nitrogen and oxygen atoms in total. The number of rotatable bonds is 7. The quantitative estimate of drug-likeness (QED) is 0.756. The first-order valence-corrected chi connectivity index (χ1v) is 8.24. The molecule has 0 bridgehead atoms. The van der Waals surface area contributed by atoms with Crippen LogP contribution in [-0.4, -0.2) is 37.6 Å². The van der Waals surface area contributed by atoms with Crippen LogP contribution in [0.15, 0.2) is 0 Å². The second-order valence-electron chi connectivity index (χ2n) is 7.93. The van der Waals surface area contributed by atoms with E-state index in [9.17, 15) is 0 Å². The summed E-state index contributed by atoms with van der Waals surface area (Å²) in [5, 5.41) is 3.56. The van der Waals surface area contributed by atoms with Gasteiger partial charge in [0.2, 0.25) is 0 Å². The third-order valence-electron chi connectivity index (χ3n) is 4.76. The Kier molecular flexibility index (Phi) is 6.32. The fraction of sp³-hybridized carbons (Fsp3) is 1.00. The van der Waals surface area contributed by atoms with Crippen molar-refractivity contribution in [2.24, 2.45) is 16.7 Å². The topological polar surface area (TPSA) is 15.3 Å². The largest absolute Gasteiger partial charge is 0.316 e. The van der Waals surface area contributed by atoms with Crippen molar-refractivity contribution < 1.29 is 0 Å². The molecule has 0 radical (unpaired) electrons. The monoisotopic (exact) mass is 268 g/mol. The highest BCUT2D eigenvalue weighted by molar-refractivity contribution is 4.88. The summed E-state index contributed by atoms with van der Waals surface area (Å²) < 4.78 is 0. The standard InChI is InChI=1S/C17H36N2/c1-7-10-17(6,13-18-8-2)14-19-11-9-15(12-19)16(3,4)5/h15,18H,7-14H2,1-6H3. The molecule has 19 heavy (non-hydrogen) atoms. The Bertz CT molecular complexity index is 256. The van der Waals surface area contributed by atoms with Gasteiger partial charge in [-0.3, -0.25) is 0 Å². The maximum absolute atomic E-state index is 3.56. The minimum Gasteiger partial charge on any atom is -0.316 e. The molecule has 2 unspecified atom stereocenters. The Morgan fingerprint density at radius 2 is 1.84 bits per heavy atom. The Balaban J connectivity index is 2.52. The van der Waals surface area contributed by atoms with Crippen LogP contribution in [-0.2, 0) is 0 Å². The van der Waals surface area contributed by atoms with Gasteiger partial charge in [0.15, 0.2) is 0 Å². The molecule has 2 heteroatoms. The zero-order valence-corrected chi connectivity index (χ0v) is 14.2. The second kappa shape index (κ2) is 7.08. The number of hydrogen-bond donors (Lipinski definition) is 1. The summed E-state index contributed by atoms with van der Waals surface area (Å²) in [5.41, 5.74) is 0.912. The van der Waals surface area contributed by atoms with Gasteiger partial charge in [0.05, 0.1) is 0 Å². The van der Waals surface area contributed by atoms with Crippen LogP contribution in [0.5, 0.6) is 0 Å². The van der Waals surface area contributed by atoms with Gasteiger partial charge in [-0.2, -0.15) is 0 Å². The maximum atomic E-state index is 3.56. The van der Waals surface area contributed by atoms with E-state index in [0.29, 0.717) is 10.8 Å². The summed E-state index contributed by atoms with van der Waals surface area (Å²) in [6.45, 7) is 20.3. The first-order valence-electron chi connectivity index (χ1n) is 8.24. The van der Waals surface area contributed by atoms with E-state index in [4.69, 9.17) is 0 Å². The molecule has 0 aromatic heterocycles. The predicted octanol–water partition coefficient (Wildman–Crippen LogP) is 3.77. The van der Waals surface area contributed by atoms with Gasteiger partial charge >= 0.3 is 0 Å². The highest BCUT2D eigenvalue weighted by Crippen LogP contribution is 2.35. The summed E-state index contributed by atoms with van der Waals surface area (Å²) >= 11 is 0. The second-order valence-corrected chi connectivity index (χ2v) is 7.93. The summed E-state index contributed by atoms with van der Waals surface area (Å²) in [7, 11) is 0. The summed E-state index contributed by atoms with van der Waals surface area (Å²) in [6.07, 6.45) is 4.00. The van der Waals surface area contributed by atoms with Crippen LogP contribution in [0.2, 0.25) is 0 Å². The summed E-state index contributed by atoms with van der Waals surface area (Å²) in [4.78, 5) is 2.71. The highest BCUT2D eigenvalue weighted by Gasteiger charge is 2.34. The van der Waals surface area contributed by atoms with Gasteiger partial charge in [-0.15, -0.1) is 0 Å². The SMILES string of the molecule is CCCC(C)(CNCC)CN1CCC(C(C)(C)C)C1. The van der Waals surface area contributed by atoms with Crippen LogP contribution >= 0.6 is 0 Å². The molecule has 1 aliphatic rings. The Morgan fingerprint density at radius 3 is 2.32 bits per heavy atom. The molecule has 1 aliphatic heterocycles. The number of hydrogen-bond acceptors (Lipinski definition) is 2. The van der Waals surface area contributed by atoms with Crippen LogP contribution in [0.1, 0.15) is 60.8 Å². The number of likely N-dealkylation sites (tertiary alicyclic amines) is 1. The van der Waals surface area contributed by atoms with Crippen LogP contribution in [0.25, 0.3) is 0 Å². The Labute approximate surface area is 121 Å². The lowest BCUT2D eigenvalue weighted by molar-refractivity contribution is 0.156. The lowest BCUT2D eigenvalue weighted by Gasteiger charge is -2.35. The van der Waals surface area contributed by atoms with Crippen molar-refractivity contribution in [1.82, 2.24) is 10.2 Å². The molecule has 114 valence electrons. The van der Waals surface area contributed by atoms with Crippen molar-refractivity contribution in [3.8, 4) is 0 Å². The normalized spacial score (nSPS) is 24.6. The zero-order chi connectivity index (χ0) is 14.5. The molecule has 0 aromatic carbocycles. The molecular formula is C17H36N2. The average molecular weight is 268 g/mol. The van der Waals surface area contributed by atoms with Gasteiger partial charge in [0.1, 0.15) is 0 Å². The molecule has 0 aliphatic carbocycles. The van der Waals surface area contributed by atoms with E-state index in [1.807, 2.05) is 0 Å². The molecule has 1 heterocycles. The van der Waals surface area contributed by atoms with Crippen LogP contribution < -0.4 is 5.32 Å². The molecule has 1 saturated heterocycles. The molecule has 0 amide bonds. The lowest BCUT2D eigenvalue weighted by Crippen LogP contribution is -2.42. The van der Waals surface area contributed by atoms with Crippen LogP contribution in [0, 0.1) is 16.7 Å². The first-order chi connectivity index (χ1) is 8.80. The maximum Gasteiger partial charge on any atom is 0.00476 e. The summed E-state index contributed by atoms with van der Waals surface area (Å²) in [5.74, 6) is 0.873. The van der Waals surface area contributed by atoms with E-state index in [-0.39, 0.29) is 0 Å². The van der Waals surface area contributed by atoms with Crippen molar-refractivity contribution in [3.63, 3.8) is 0 Å². The minimum atomic E-state index is 0.442. The van der Waals surface area contributed by atoms with E-state index >= 15 is 0 Å². The van der Waals surface area contributed by atoms with Gasteiger partial charge in [-0.05, 0) is 42.7 Å². The molecule has 0 spiro atoms. The fourth-order valence-electron chi connectivity index (χ4n) is 3.48. The van der Waals surface area contributed by atoms with Crippen LogP contribution in [0.3, 0.4) is 0 Å². The van der Waals surface area contributed by atoms with Gasteiger partial charge in [-0.25, -0.2) is 0 Å². The molecule has 1 N–H and O–H groups in total. The van der Waals surface area contributed by atoms with Gasteiger partial charge in [0.25, 0.3) is 0 Å². The molecule has 1 rings (SSSR count). The molecule has 0 aromatic rings. The minimum absolute atomic E-state index is 0.442. The van der Waals surface area contributed by atoms with Crippen LogP contribution in [0.4, 0.5) is 0 Å². The fourth-order valence-corrected chi connectivity index (χ4v) is 3.48. The van der Waals surface area contributed by atoms with Gasteiger partial charge < -0.3 is 10.2 Å². The lowest BCUT2D eigenvalue weighted by atomic mass is 9.80. The van der Waals surface area contributed by atoms with Crippen molar-refractivity contribution in [2.45, 2.75) is 60.8 Å². The third-order valence-corrected chi connectivity index (χ3v) is 4.76. The van der Waals surface area contributed by atoms with E-state index in [1.165, 1.54) is 38.9 Å². The average Bonchev–Trinajstić information content (AvgIpc) is 2.75. The number of nitrogens with zero attached hydrogens (tertiary/aromatic N) is 1. The van der Waals surface area contributed by atoms with Crippen molar-refractivity contribution in [2.75, 3.05) is 32.7 Å². The number of nitrogens with one attached hydrogen (secondary N) is 1. The van der Waals surface area contributed by atoms with Crippen molar-refractivity contribution >= 4 is 0 Å². The first kappa shape index (κ1) is 17.0. The van der Waals surface area contributed by atoms with E-state index in [0.717, 1.165) is 19.0 Å². The van der Waals surface area contributed by atoms with Crippen molar-refractivity contribution in [1.29, 1.82) is 0 Å². The highest BCUT2D eigenvalue weighted by atomic mass is 15.2. The van der Waals surface area contributed by atoms with E-state index in [2.05, 4.69) is 51.8 Å². The molecular weight excluding hydrogens is 232 g/mol. The summed E-state index contributed by atoms with van der Waals surface area (Å²) in [6, 6.07) is 0. The van der Waals surface area contributed by atoms with Gasteiger partial charge in [-0.1, -0.05) is 48.0 Å². The zero-order valence-electron chi connectivity index (χ0n) is 14.2. The van der Waals surface area contributed by atoms with E-state index in [1.54, 1.807) is 0 Å². The molecule has 1 fully saturated rings. The smallest absolute Gasteiger partial charge is 0.00476 e.